The van der Waals surface area contributed by atoms with E-state index >= 15 is 0 Å². The van der Waals surface area contributed by atoms with E-state index in [1.165, 1.54) is 32.5 Å². The van der Waals surface area contributed by atoms with Crippen molar-refractivity contribution in [2.75, 3.05) is 26.2 Å². The second-order valence-electron chi connectivity index (χ2n) is 6.54. The third kappa shape index (κ3) is 5.87. The van der Waals surface area contributed by atoms with Crippen molar-refractivity contribution in [3.63, 3.8) is 0 Å². The van der Waals surface area contributed by atoms with E-state index in [2.05, 4.69) is 44.8 Å². The lowest BCUT2D eigenvalue weighted by Gasteiger charge is -2.19. The SMILES string of the molecule is CC(C)CCC(C)NCCN1CC(C)C(C)C1. The molecule has 17 heavy (non-hydrogen) atoms. The summed E-state index contributed by atoms with van der Waals surface area (Å²) in [6.45, 7) is 16.6. The summed E-state index contributed by atoms with van der Waals surface area (Å²) in [4.78, 5) is 2.61. The molecule has 1 aliphatic rings. The first-order valence-electron chi connectivity index (χ1n) is 7.44. The fourth-order valence-electron chi connectivity index (χ4n) is 2.59. The first-order chi connectivity index (χ1) is 7.99. The van der Waals surface area contributed by atoms with Gasteiger partial charge in [0.15, 0.2) is 0 Å². The highest BCUT2D eigenvalue weighted by Gasteiger charge is 2.25. The number of rotatable bonds is 7. The predicted octanol–water partition coefficient (Wildman–Crippen LogP) is 2.99. The van der Waals surface area contributed by atoms with Gasteiger partial charge in [0, 0.05) is 32.2 Å². The van der Waals surface area contributed by atoms with Gasteiger partial charge in [0.25, 0.3) is 0 Å². The van der Waals surface area contributed by atoms with Gasteiger partial charge in [-0.05, 0) is 37.5 Å². The molecule has 0 amide bonds. The minimum atomic E-state index is 0.676. The fraction of sp³-hybridized carbons (Fsp3) is 1.00. The average Bonchev–Trinajstić information content (AvgIpc) is 2.55. The Hall–Kier alpha value is -0.0800. The van der Waals surface area contributed by atoms with Gasteiger partial charge in [0.05, 0.1) is 0 Å². The molecule has 3 unspecified atom stereocenters. The van der Waals surface area contributed by atoms with Crippen molar-refractivity contribution >= 4 is 0 Å². The molecule has 1 rings (SSSR count). The molecule has 0 radical (unpaired) electrons. The number of hydrogen-bond acceptors (Lipinski definition) is 2. The summed E-state index contributed by atoms with van der Waals surface area (Å²) in [5, 5.41) is 3.65. The monoisotopic (exact) mass is 240 g/mol. The zero-order chi connectivity index (χ0) is 12.8. The van der Waals surface area contributed by atoms with Gasteiger partial charge in [0.1, 0.15) is 0 Å². The third-order valence-electron chi connectivity index (χ3n) is 4.16. The van der Waals surface area contributed by atoms with E-state index in [0.29, 0.717) is 6.04 Å². The van der Waals surface area contributed by atoms with E-state index < -0.39 is 0 Å². The van der Waals surface area contributed by atoms with Crippen molar-refractivity contribution in [3.05, 3.63) is 0 Å². The number of likely N-dealkylation sites (tertiary alicyclic amines) is 1. The standard InChI is InChI=1S/C15H32N2/c1-12(2)6-7-15(5)16-8-9-17-10-13(3)14(4)11-17/h12-16H,6-11H2,1-5H3. The molecular weight excluding hydrogens is 208 g/mol. The lowest BCUT2D eigenvalue weighted by atomic mass is 10.0. The Labute approximate surface area is 108 Å². The number of nitrogens with zero attached hydrogens (tertiary/aromatic N) is 1. The Morgan fingerprint density at radius 1 is 1.06 bits per heavy atom. The molecule has 0 aromatic rings. The van der Waals surface area contributed by atoms with Crippen LogP contribution < -0.4 is 5.32 Å². The van der Waals surface area contributed by atoms with E-state index in [-0.39, 0.29) is 0 Å². The van der Waals surface area contributed by atoms with Crippen LogP contribution in [-0.4, -0.2) is 37.1 Å². The van der Waals surface area contributed by atoms with Crippen LogP contribution in [0.1, 0.15) is 47.5 Å². The van der Waals surface area contributed by atoms with Crippen LogP contribution in [0.4, 0.5) is 0 Å². The highest BCUT2D eigenvalue weighted by Crippen LogP contribution is 2.21. The minimum Gasteiger partial charge on any atom is -0.313 e. The van der Waals surface area contributed by atoms with Crippen molar-refractivity contribution in [1.29, 1.82) is 0 Å². The Balaban J connectivity index is 2.04. The summed E-state index contributed by atoms with van der Waals surface area (Å²) in [6, 6.07) is 0.676. The molecule has 0 aromatic heterocycles. The molecule has 1 aliphatic heterocycles. The van der Waals surface area contributed by atoms with Crippen LogP contribution in [0.2, 0.25) is 0 Å². The van der Waals surface area contributed by atoms with Crippen molar-refractivity contribution in [2.45, 2.75) is 53.5 Å². The Morgan fingerprint density at radius 3 is 2.18 bits per heavy atom. The molecule has 0 aliphatic carbocycles. The van der Waals surface area contributed by atoms with E-state index in [9.17, 15) is 0 Å². The van der Waals surface area contributed by atoms with Gasteiger partial charge in [-0.25, -0.2) is 0 Å². The summed E-state index contributed by atoms with van der Waals surface area (Å²) >= 11 is 0. The highest BCUT2D eigenvalue weighted by atomic mass is 15.2. The van der Waals surface area contributed by atoms with Gasteiger partial charge in [-0.15, -0.1) is 0 Å². The summed E-state index contributed by atoms with van der Waals surface area (Å²) in [7, 11) is 0. The topological polar surface area (TPSA) is 15.3 Å². The second-order valence-corrected chi connectivity index (χ2v) is 6.54. The van der Waals surface area contributed by atoms with Gasteiger partial charge >= 0.3 is 0 Å². The zero-order valence-electron chi connectivity index (χ0n) is 12.5. The van der Waals surface area contributed by atoms with Gasteiger partial charge in [-0.3, -0.25) is 0 Å². The molecule has 0 aromatic carbocycles. The lowest BCUT2D eigenvalue weighted by molar-refractivity contribution is 0.312. The van der Waals surface area contributed by atoms with Crippen LogP contribution in [0.5, 0.6) is 0 Å². The Morgan fingerprint density at radius 2 is 1.65 bits per heavy atom. The largest absolute Gasteiger partial charge is 0.313 e. The molecule has 102 valence electrons. The van der Waals surface area contributed by atoms with Crippen LogP contribution in [0, 0.1) is 17.8 Å². The van der Waals surface area contributed by atoms with Crippen LogP contribution in [0.3, 0.4) is 0 Å². The molecule has 3 atom stereocenters. The van der Waals surface area contributed by atoms with Crippen LogP contribution in [0.25, 0.3) is 0 Å². The maximum Gasteiger partial charge on any atom is 0.0107 e. The molecule has 2 nitrogen and oxygen atoms in total. The molecule has 0 saturated carbocycles. The van der Waals surface area contributed by atoms with Gasteiger partial charge in [-0.1, -0.05) is 27.7 Å². The maximum atomic E-state index is 3.65. The summed E-state index contributed by atoms with van der Waals surface area (Å²) in [5.74, 6) is 2.60. The highest BCUT2D eigenvalue weighted by molar-refractivity contribution is 4.79. The van der Waals surface area contributed by atoms with E-state index in [4.69, 9.17) is 0 Å². The van der Waals surface area contributed by atoms with Crippen LogP contribution >= 0.6 is 0 Å². The number of nitrogens with one attached hydrogen (secondary N) is 1. The van der Waals surface area contributed by atoms with E-state index in [0.717, 1.165) is 24.3 Å². The molecular formula is C15H32N2. The normalized spacial score (nSPS) is 27.9. The zero-order valence-corrected chi connectivity index (χ0v) is 12.5. The molecule has 0 spiro atoms. The van der Waals surface area contributed by atoms with Gasteiger partial charge in [0.2, 0.25) is 0 Å². The van der Waals surface area contributed by atoms with E-state index in [1.54, 1.807) is 0 Å². The van der Waals surface area contributed by atoms with Crippen molar-refractivity contribution in [1.82, 2.24) is 10.2 Å². The molecule has 1 N–H and O–H groups in total. The summed E-state index contributed by atoms with van der Waals surface area (Å²) in [6.07, 6.45) is 2.65. The minimum absolute atomic E-state index is 0.676. The van der Waals surface area contributed by atoms with Gasteiger partial charge in [-0.2, -0.15) is 0 Å². The first-order valence-corrected chi connectivity index (χ1v) is 7.44. The fourth-order valence-corrected chi connectivity index (χ4v) is 2.59. The number of hydrogen-bond donors (Lipinski definition) is 1. The van der Waals surface area contributed by atoms with Crippen LogP contribution in [0.15, 0.2) is 0 Å². The summed E-state index contributed by atoms with van der Waals surface area (Å²) in [5.41, 5.74) is 0. The second kappa shape index (κ2) is 7.38. The summed E-state index contributed by atoms with van der Waals surface area (Å²) < 4.78 is 0. The van der Waals surface area contributed by atoms with Crippen molar-refractivity contribution in [3.8, 4) is 0 Å². The third-order valence-corrected chi connectivity index (χ3v) is 4.16. The van der Waals surface area contributed by atoms with Gasteiger partial charge < -0.3 is 10.2 Å². The quantitative estimate of drug-likeness (QED) is 0.736. The molecule has 1 fully saturated rings. The Bertz CT molecular complexity index is 193. The predicted molar refractivity (Wildman–Crippen MR) is 76.3 cm³/mol. The lowest BCUT2D eigenvalue weighted by Crippen LogP contribution is -2.35. The smallest absolute Gasteiger partial charge is 0.0107 e. The van der Waals surface area contributed by atoms with Crippen molar-refractivity contribution < 1.29 is 0 Å². The molecule has 1 saturated heterocycles. The molecule has 1 heterocycles. The van der Waals surface area contributed by atoms with Crippen molar-refractivity contribution in [2.24, 2.45) is 17.8 Å². The first kappa shape index (κ1) is 15.0. The van der Waals surface area contributed by atoms with E-state index in [1.807, 2.05) is 0 Å². The maximum absolute atomic E-state index is 3.65. The average molecular weight is 240 g/mol. The molecule has 2 heteroatoms. The van der Waals surface area contributed by atoms with Crippen LogP contribution in [-0.2, 0) is 0 Å². The molecule has 0 bridgehead atoms. The Kier molecular flexibility index (Phi) is 6.50.